The molecule has 1 atom stereocenters. The Bertz CT molecular complexity index is 364. The summed E-state index contributed by atoms with van der Waals surface area (Å²) in [6.45, 7) is 3.90. The summed E-state index contributed by atoms with van der Waals surface area (Å²) in [5.74, 6) is 0.174. The van der Waals surface area contributed by atoms with Crippen LogP contribution in [0.5, 0.6) is 5.75 Å². The predicted octanol–water partition coefficient (Wildman–Crippen LogP) is 0.706. The molecule has 0 aliphatic rings. The van der Waals surface area contributed by atoms with Crippen molar-refractivity contribution >= 4 is 5.91 Å². The van der Waals surface area contributed by atoms with Crippen molar-refractivity contribution in [1.29, 1.82) is 0 Å². The Morgan fingerprint density at radius 3 is 2.73 bits per heavy atom. The molecular formula is C11H16N2O2. The molecule has 1 rings (SSSR count). The minimum absolute atomic E-state index is 0.377. The molecule has 0 saturated carbocycles. The third kappa shape index (κ3) is 2.70. The first-order valence-electron chi connectivity index (χ1n) is 4.80. The molecule has 82 valence electrons. The number of para-hydroxylation sites is 1. The van der Waals surface area contributed by atoms with E-state index in [2.05, 4.69) is 0 Å². The van der Waals surface area contributed by atoms with Crippen LogP contribution in [0.3, 0.4) is 0 Å². The van der Waals surface area contributed by atoms with Crippen LogP contribution in [0.2, 0.25) is 0 Å². The summed E-state index contributed by atoms with van der Waals surface area (Å²) in [6, 6.07) is 5.68. The molecule has 15 heavy (non-hydrogen) atoms. The molecule has 4 heteroatoms. The number of primary amides is 1. The van der Waals surface area contributed by atoms with Gasteiger partial charge in [0.25, 0.3) is 5.91 Å². The summed E-state index contributed by atoms with van der Waals surface area (Å²) in [4.78, 5) is 10.9. The maximum atomic E-state index is 10.9. The summed E-state index contributed by atoms with van der Waals surface area (Å²) >= 11 is 0. The lowest BCUT2D eigenvalue weighted by atomic mass is 10.1. The monoisotopic (exact) mass is 208 g/mol. The van der Waals surface area contributed by atoms with Crippen molar-refractivity contribution < 1.29 is 9.53 Å². The second-order valence-electron chi connectivity index (χ2n) is 3.43. The van der Waals surface area contributed by atoms with E-state index in [-0.39, 0.29) is 0 Å². The summed E-state index contributed by atoms with van der Waals surface area (Å²) in [5.41, 5.74) is 12.5. The van der Waals surface area contributed by atoms with Crippen LogP contribution in [0, 0.1) is 6.92 Å². The Balaban J connectivity index is 2.97. The zero-order valence-electron chi connectivity index (χ0n) is 8.99. The molecule has 0 aliphatic heterocycles. The zero-order chi connectivity index (χ0) is 11.4. The number of nitrogens with two attached hydrogens (primary N) is 2. The number of amides is 1. The molecule has 0 saturated heterocycles. The van der Waals surface area contributed by atoms with Gasteiger partial charge in [-0.15, -0.1) is 0 Å². The number of carbonyl (C=O) groups excluding carboxylic acids is 1. The van der Waals surface area contributed by atoms with Crippen molar-refractivity contribution in [3.05, 3.63) is 29.3 Å². The van der Waals surface area contributed by atoms with Crippen molar-refractivity contribution in [3.63, 3.8) is 0 Å². The molecule has 1 aromatic carbocycles. The van der Waals surface area contributed by atoms with E-state index in [0.717, 1.165) is 11.1 Å². The average Bonchev–Trinajstić information content (AvgIpc) is 2.20. The molecule has 0 spiro atoms. The van der Waals surface area contributed by atoms with Gasteiger partial charge in [0.2, 0.25) is 0 Å². The number of carbonyl (C=O) groups is 1. The highest BCUT2D eigenvalue weighted by Gasteiger charge is 2.13. The summed E-state index contributed by atoms with van der Waals surface area (Å²) < 4.78 is 5.47. The van der Waals surface area contributed by atoms with Gasteiger partial charge < -0.3 is 16.2 Å². The largest absolute Gasteiger partial charge is 0.480 e. The highest BCUT2D eigenvalue weighted by Crippen LogP contribution is 2.23. The van der Waals surface area contributed by atoms with E-state index in [9.17, 15) is 4.79 Å². The van der Waals surface area contributed by atoms with Gasteiger partial charge in [-0.3, -0.25) is 4.79 Å². The molecule has 0 heterocycles. The van der Waals surface area contributed by atoms with E-state index >= 15 is 0 Å². The van der Waals surface area contributed by atoms with E-state index in [4.69, 9.17) is 16.2 Å². The molecular weight excluding hydrogens is 192 g/mol. The van der Waals surface area contributed by atoms with Crippen molar-refractivity contribution in [2.45, 2.75) is 26.5 Å². The lowest BCUT2D eigenvalue weighted by Crippen LogP contribution is -2.31. The van der Waals surface area contributed by atoms with Crippen LogP contribution in [-0.2, 0) is 11.3 Å². The number of aryl methyl sites for hydroxylation is 1. The third-order valence-corrected chi connectivity index (χ3v) is 2.21. The number of hydrogen-bond acceptors (Lipinski definition) is 3. The topological polar surface area (TPSA) is 78.3 Å². The molecule has 4 N–H and O–H groups in total. The molecule has 1 aromatic rings. The van der Waals surface area contributed by atoms with E-state index in [1.54, 1.807) is 6.92 Å². The molecule has 0 fully saturated rings. The smallest absolute Gasteiger partial charge is 0.258 e. The first-order chi connectivity index (χ1) is 7.06. The Kier molecular flexibility index (Phi) is 3.68. The highest BCUT2D eigenvalue weighted by molar-refractivity contribution is 5.78. The van der Waals surface area contributed by atoms with Crippen molar-refractivity contribution in [1.82, 2.24) is 0 Å². The van der Waals surface area contributed by atoms with Gasteiger partial charge in [0.15, 0.2) is 6.10 Å². The summed E-state index contributed by atoms with van der Waals surface area (Å²) in [7, 11) is 0. The van der Waals surface area contributed by atoms with Gasteiger partial charge >= 0.3 is 0 Å². The second kappa shape index (κ2) is 4.79. The fraction of sp³-hybridized carbons (Fsp3) is 0.364. The predicted molar refractivity (Wildman–Crippen MR) is 58.4 cm³/mol. The zero-order valence-corrected chi connectivity index (χ0v) is 8.99. The SMILES string of the molecule is Cc1cccc(CN)c1OC(C)C(N)=O. The number of benzene rings is 1. The summed E-state index contributed by atoms with van der Waals surface area (Å²) in [6.07, 6.45) is -0.642. The fourth-order valence-corrected chi connectivity index (χ4v) is 1.28. The van der Waals surface area contributed by atoms with E-state index in [0.29, 0.717) is 12.3 Å². The fourth-order valence-electron chi connectivity index (χ4n) is 1.28. The van der Waals surface area contributed by atoms with Crippen LogP contribution in [0.4, 0.5) is 0 Å². The van der Waals surface area contributed by atoms with Crippen LogP contribution in [0.25, 0.3) is 0 Å². The molecule has 0 aliphatic carbocycles. The Morgan fingerprint density at radius 1 is 1.53 bits per heavy atom. The molecule has 1 amide bonds. The second-order valence-corrected chi connectivity index (χ2v) is 3.43. The number of hydrogen-bond donors (Lipinski definition) is 2. The maximum absolute atomic E-state index is 10.9. The van der Waals surface area contributed by atoms with Gasteiger partial charge in [0, 0.05) is 12.1 Å². The maximum Gasteiger partial charge on any atom is 0.258 e. The summed E-state index contributed by atoms with van der Waals surface area (Å²) in [5, 5.41) is 0. The van der Waals surface area contributed by atoms with Crippen LogP contribution < -0.4 is 16.2 Å². The van der Waals surface area contributed by atoms with Crippen LogP contribution in [0.15, 0.2) is 18.2 Å². The lowest BCUT2D eigenvalue weighted by molar-refractivity contribution is -0.124. The normalized spacial score (nSPS) is 12.2. The van der Waals surface area contributed by atoms with Gasteiger partial charge in [-0.05, 0) is 19.4 Å². The quantitative estimate of drug-likeness (QED) is 0.764. The van der Waals surface area contributed by atoms with Crippen molar-refractivity contribution in [2.75, 3.05) is 0 Å². The van der Waals surface area contributed by atoms with Crippen molar-refractivity contribution in [2.24, 2.45) is 11.5 Å². The standard InChI is InChI=1S/C11H16N2O2/c1-7-4-3-5-9(6-12)10(7)15-8(2)11(13)14/h3-5,8H,6,12H2,1-2H3,(H2,13,14). The van der Waals surface area contributed by atoms with Gasteiger partial charge in [0.1, 0.15) is 5.75 Å². The molecule has 0 bridgehead atoms. The Morgan fingerprint density at radius 2 is 2.20 bits per heavy atom. The first-order valence-corrected chi connectivity index (χ1v) is 4.80. The number of ether oxygens (including phenoxy) is 1. The first kappa shape index (κ1) is 11.5. The van der Waals surface area contributed by atoms with Gasteiger partial charge in [-0.25, -0.2) is 0 Å². The number of rotatable bonds is 4. The Labute approximate surface area is 89.2 Å². The average molecular weight is 208 g/mol. The van der Waals surface area contributed by atoms with Crippen LogP contribution in [-0.4, -0.2) is 12.0 Å². The third-order valence-electron chi connectivity index (χ3n) is 2.21. The van der Waals surface area contributed by atoms with E-state index < -0.39 is 12.0 Å². The van der Waals surface area contributed by atoms with Gasteiger partial charge in [0.05, 0.1) is 0 Å². The lowest BCUT2D eigenvalue weighted by Gasteiger charge is -2.16. The minimum Gasteiger partial charge on any atom is -0.480 e. The molecule has 1 unspecified atom stereocenters. The van der Waals surface area contributed by atoms with Crippen LogP contribution in [0.1, 0.15) is 18.1 Å². The van der Waals surface area contributed by atoms with Crippen molar-refractivity contribution in [3.8, 4) is 5.75 Å². The molecule has 0 radical (unpaired) electrons. The minimum atomic E-state index is -0.642. The Hall–Kier alpha value is -1.55. The highest BCUT2D eigenvalue weighted by atomic mass is 16.5. The van der Waals surface area contributed by atoms with Crippen LogP contribution >= 0.6 is 0 Å². The van der Waals surface area contributed by atoms with Gasteiger partial charge in [-0.2, -0.15) is 0 Å². The van der Waals surface area contributed by atoms with Gasteiger partial charge in [-0.1, -0.05) is 18.2 Å². The van der Waals surface area contributed by atoms with E-state index in [1.807, 2.05) is 25.1 Å². The van der Waals surface area contributed by atoms with E-state index in [1.165, 1.54) is 0 Å². The molecule has 0 aromatic heterocycles. The molecule has 4 nitrogen and oxygen atoms in total.